The van der Waals surface area contributed by atoms with E-state index < -0.39 is 0 Å². The Morgan fingerprint density at radius 3 is 2.71 bits per heavy atom. The predicted molar refractivity (Wildman–Crippen MR) is 102 cm³/mol. The van der Waals surface area contributed by atoms with Crippen LogP contribution in [0.5, 0.6) is 0 Å². The van der Waals surface area contributed by atoms with Gasteiger partial charge in [0.05, 0.1) is 0 Å². The minimum absolute atomic E-state index is 0.218. The van der Waals surface area contributed by atoms with Crippen LogP contribution in [0.25, 0.3) is 0 Å². The Bertz CT molecular complexity index is 489. The number of hydrogen-bond acceptors (Lipinski definition) is 3. The summed E-state index contributed by atoms with van der Waals surface area (Å²) in [5.74, 6) is 0.941. The maximum Gasteiger partial charge on any atom is 0.0470 e. The highest BCUT2D eigenvalue weighted by molar-refractivity contribution is 5.15. The summed E-state index contributed by atoms with van der Waals surface area (Å²) in [4.78, 5) is 5.37. The van der Waals surface area contributed by atoms with E-state index in [1.807, 2.05) is 0 Å². The van der Waals surface area contributed by atoms with Crippen molar-refractivity contribution in [1.29, 1.82) is 0 Å². The van der Waals surface area contributed by atoms with Crippen LogP contribution in [0, 0.1) is 5.92 Å². The highest BCUT2D eigenvalue weighted by Crippen LogP contribution is 2.32. The van der Waals surface area contributed by atoms with E-state index in [1.54, 1.807) is 0 Å². The monoisotopic (exact) mass is 329 g/mol. The lowest BCUT2D eigenvalue weighted by atomic mass is 9.94. The maximum absolute atomic E-state index is 6.33. The number of nitrogens with two attached hydrogens (primary N) is 1. The normalized spacial score (nSPS) is 29.7. The molecule has 24 heavy (non-hydrogen) atoms. The molecule has 3 heteroatoms. The second-order valence-electron chi connectivity index (χ2n) is 7.95. The molecule has 2 unspecified atom stereocenters. The topological polar surface area (TPSA) is 32.5 Å². The first kappa shape index (κ1) is 17.9. The maximum atomic E-state index is 6.33. The van der Waals surface area contributed by atoms with Gasteiger partial charge in [-0.25, -0.2) is 0 Å². The molecular formula is C21H35N3. The lowest BCUT2D eigenvalue weighted by molar-refractivity contribution is 0.100. The zero-order chi connectivity index (χ0) is 16.8. The van der Waals surface area contributed by atoms with Gasteiger partial charge in [0.1, 0.15) is 0 Å². The van der Waals surface area contributed by atoms with E-state index in [1.165, 1.54) is 63.7 Å². The van der Waals surface area contributed by atoms with Crippen molar-refractivity contribution in [2.75, 3.05) is 32.7 Å². The SMILES string of the molecule is CCCC1CCCN(C2(CN)CCN(Cc3ccccc3)C2)CC1. The van der Waals surface area contributed by atoms with Crippen molar-refractivity contribution >= 4 is 0 Å². The standard InChI is InChI=1S/C21H35N3/c1-2-7-19-10-6-13-24(14-11-19)21(17-22)12-15-23(18-21)16-20-8-4-3-5-9-20/h3-5,8-9,19H,2,6-7,10-18,22H2,1H3. The van der Waals surface area contributed by atoms with Crippen molar-refractivity contribution in [1.82, 2.24) is 9.80 Å². The molecule has 1 aromatic carbocycles. The van der Waals surface area contributed by atoms with Crippen molar-refractivity contribution in [3.05, 3.63) is 35.9 Å². The largest absolute Gasteiger partial charge is 0.329 e. The Labute approximate surface area is 148 Å². The van der Waals surface area contributed by atoms with Crippen LogP contribution in [0.3, 0.4) is 0 Å². The van der Waals surface area contributed by atoms with Crippen molar-refractivity contribution in [3.63, 3.8) is 0 Å². The van der Waals surface area contributed by atoms with Gasteiger partial charge in [0, 0.05) is 31.7 Å². The molecule has 0 radical (unpaired) electrons. The van der Waals surface area contributed by atoms with Gasteiger partial charge < -0.3 is 5.73 Å². The quantitative estimate of drug-likeness (QED) is 0.867. The average molecular weight is 330 g/mol. The molecule has 2 fully saturated rings. The summed E-state index contributed by atoms with van der Waals surface area (Å²) in [5, 5.41) is 0. The molecule has 0 spiro atoms. The lowest BCUT2D eigenvalue weighted by Gasteiger charge is -2.40. The molecule has 0 aliphatic carbocycles. The molecule has 3 nitrogen and oxygen atoms in total. The Kier molecular flexibility index (Phi) is 6.31. The fourth-order valence-electron chi connectivity index (χ4n) is 4.81. The zero-order valence-corrected chi connectivity index (χ0v) is 15.4. The molecule has 0 amide bonds. The van der Waals surface area contributed by atoms with Crippen LogP contribution in [-0.4, -0.2) is 48.1 Å². The van der Waals surface area contributed by atoms with E-state index in [4.69, 9.17) is 5.73 Å². The van der Waals surface area contributed by atoms with Crippen LogP contribution < -0.4 is 5.73 Å². The number of hydrogen-bond donors (Lipinski definition) is 1. The van der Waals surface area contributed by atoms with Crippen LogP contribution in [0.4, 0.5) is 0 Å². The van der Waals surface area contributed by atoms with Crippen LogP contribution in [0.1, 0.15) is 51.0 Å². The molecule has 2 aliphatic heterocycles. The first-order chi connectivity index (χ1) is 11.8. The zero-order valence-electron chi connectivity index (χ0n) is 15.4. The van der Waals surface area contributed by atoms with Crippen molar-refractivity contribution < 1.29 is 0 Å². The molecule has 1 aromatic rings. The Morgan fingerprint density at radius 1 is 1.12 bits per heavy atom. The predicted octanol–water partition coefficient (Wildman–Crippen LogP) is 3.49. The number of likely N-dealkylation sites (tertiary alicyclic amines) is 2. The van der Waals surface area contributed by atoms with Crippen LogP contribution in [0.2, 0.25) is 0 Å². The number of benzene rings is 1. The summed E-state index contributed by atoms with van der Waals surface area (Å²) >= 11 is 0. The highest BCUT2D eigenvalue weighted by atomic mass is 15.3. The van der Waals surface area contributed by atoms with Crippen LogP contribution in [-0.2, 0) is 6.54 Å². The summed E-state index contributed by atoms with van der Waals surface area (Å²) in [6.45, 7) is 9.00. The molecule has 0 saturated carbocycles. The van der Waals surface area contributed by atoms with Crippen molar-refractivity contribution in [3.8, 4) is 0 Å². The first-order valence-corrected chi connectivity index (χ1v) is 9.97. The second-order valence-corrected chi connectivity index (χ2v) is 7.95. The van der Waals surface area contributed by atoms with Crippen LogP contribution in [0.15, 0.2) is 30.3 Å². The van der Waals surface area contributed by atoms with E-state index in [-0.39, 0.29) is 5.54 Å². The Hall–Kier alpha value is -0.900. The van der Waals surface area contributed by atoms with Gasteiger partial charge in [0.2, 0.25) is 0 Å². The minimum atomic E-state index is 0.218. The molecular weight excluding hydrogens is 294 g/mol. The first-order valence-electron chi connectivity index (χ1n) is 9.97. The number of rotatable bonds is 6. The van der Waals surface area contributed by atoms with Gasteiger partial charge >= 0.3 is 0 Å². The number of nitrogens with zero attached hydrogens (tertiary/aromatic N) is 2. The minimum Gasteiger partial charge on any atom is -0.329 e. The van der Waals surface area contributed by atoms with E-state index in [2.05, 4.69) is 47.1 Å². The Balaban J connectivity index is 1.60. The molecule has 2 saturated heterocycles. The van der Waals surface area contributed by atoms with Crippen LogP contribution >= 0.6 is 0 Å². The van der Waals surface area contributed by atoms with Crippen molar-refractivity contribution in [2.45, 2.75) is 57.5 Å². The highest BCUT2D eigenvalue weighted by Gasteiger charge is 2.42. The van der Waals surface area contributed by atoms with E-state index in [9.17, 15) is 0 Å². The molecule has 0 bridgehead atoms. The summed E-state index contributed by atoms with van der Waals surface area (Å²) in [6, 6.07) is 10.9. The third kappa shape index (κ3) is 4.19. The molecule has 2 atom stereocenters. The van der Waals surface area contributed by atoms with Gasteiger partial charge in [-0.2, -0.15) is 0 Å². The summed E-state index contributed by atoms with van der Waals surface area (Å²) in [6.07, 6.45) is 8.11. The molecule has 0 aromatic heterocycles. The third-order valence-electron chi connectivity index (χ3n) is 6.26. The smallest absolute Gasteiger partial charge is 0.0470 e. The van der Waals surface area contributed by atoms with Crippen molar-refractivity contribution in [2.24, 2.45) is 11.7 Å². The molecule has 2 heterocycles. The summed E-state index contributed by atoms with van der Waals surface area (Å²) < 4.78 is 0. The van der Waals surface area contributed by atoms with E-state index >= 15 is 0 Å². The second kappa shape index (κ2) is 8.46. The van der Waals surface area contributed by atoms with Gasteiger partial charge in [0.25, 0.3) is 0 Å². The average Bonchev–Trinajstić information content (AvgIpc) is 2.88. The molecule has 3 rings (SSSR count). The van der Waals surface area contributed by atoms with Gasteiger partial charge in [0.15, 0.2) is 0 Å². The van der Waals surface area contributed by atoms with Gasteiger partial charge in [-0.1, -0.05) is 50.1 Å². The fraction of sp³-hybridized carbons (Fsp3) is 0.714. The molecule has 134 valence electrons. The Morgan fingerprint density at radius 2 is 1.96 bits per heavy atom. The fourth-order valence-corrected chi connectivity index (χ4v) is 4.81. The van der Waals surface area contributed by atoms with Gasteiger partial charge in [-0.3, -0.25) is 9.80 Å². The summed E-state index contributed by atoms with van der Waals surface area (Å²) in [5.41, 5.74) is 7.97. The van der Waals surface area contributed by atoms with Gasteiger partial charge in [-0.15, -0.1) is 0 Å². The van der Waals surface area contributed by atoms with Gasteiger partial charge in [-0.05, 0) is 50.3 Å². The summed E-state index contributed by atoms with van der Waals surface area (Å²) in [7, 11) is 0. The third-order valence-corrected chi connectivity index (χ3v) is 6.26. The molecule has 2 aliphatic rings. The van der Waals surface area contributed by atoms with E-state index in [0.29, 0.717) is 0 Å². The molecule has 2 N–H and O–H groups in total. The van der Waals surface area contributed by atoms with E-state index in [0.717, 1.165) is 25.6 Å². The lowest BCUT2D eigenvalue weighted by Crippen LogP contribution is -2.56.